The molecule has 3 atom stereocenters. The highest BCUT2D eigenvalue weighted by Gasteiger charge is 2.43. The molecule has 2 fully saturated rings. The van der Waals surface area contributed by atoms with Crippen molar-refractivity contribution >= 4 is 29.7 Å². The van der Waals surface area contributed by atoms with Crippen molar-refractivity contribution in [2.75, 3.05) is 32.8 Å². The summed E-state index contributed by atoms with van der Waals surface area (Å²) in [6, 6.07) is 4.83. The fourth-order valence-electron chi connectivity index (χ4n) is 6.20. The number of nitrogens with zero attached hydrogens (tertiary/aromatic N) is 5. The van der Waals surface area contributed by atoms with E-state index < -0.39 is 5.82 Å². The number of aliphatic imine (C=N–C) groups is 2. The Morgan fingerprint density at radius 1 is 1.26 bits per heavy atom. The zero-order valence-electron chi connectivity index (χ0n) is 22.3. The summed E-state index contributed by atoms with van der Waals surface area (Å²) in [4.78, 5) is 30.0. The number of fused-ring (bicyclic) bond motifs is 1. The number of benzene rings is 1. The van der Waals surface area contributed by atoms with E-state index >= 15 is 0 Å². The lowest BCUT2D eigenvalue weighted by molar-refractivity contribution is -0.131. The number of alkyl halides is 1. The first kappa shape index (κ1) is 26.3. The molecule has 1 aromatic carbocycles. The summed E-state index contributed by atoms with van der Waals surface area (Å²) in [5.74, 6) is 4.36. The van der Waals surface area contributed by atoms with E-state index in [1.807, 2.05) is 0 Å². The molecule has 1 saturated carbocycles. The molecule has 10 heteroatoms. The van der Waals surface area contributed by atoms with E-state index in [1.54, 1.807) is 30.2 Å². The predicted octanol–water partition coefficient (Wildman–Crippen LogP) is 4.41. The number of ether oxygens (including phenoxy) is 1. The highest BCUT2D eigenvalue weighted by atomic mass is 35.5. The number of piperidine rings is 1. The normalized spacial score (nSPS) is 24.9. The van der Waals surface area contributed by atoms with E-state index in [1.165, 1.54) is 25.3 Å². The maximum Gasteiger partial charge on any atom is 0.227 e. The maximum absolute atomic E-state index is 14.8. The number of likely N-dealkylation sites (tertiary alicyclic amines) is 1. The Morgan fingerprint density at radius 2 is 2.10 bits per heavy atom. The molecule has 0 spiro atoms. The monoisotopic (exact) mass is 555 g/mol. The lowest BCUT2D eigenvalue weighted by atomic mass is 9.90. The number of aryl methyl sites for hydroxylation is 1. The molecule has 0 bridgehead atoms. The van der Waals surface area contributed by atoms with Gasteiger partial charge >= 0.3 is 0 Å². The van der Waals surface area contributed by atoms with Crippen LogP contribution in [0.2, 0.25) is 0 Å². The molecular formula is C29H35ClFN5O3. The van der Waals surface area contributed by atoms with Crippen LogP contribution in [0, 0.1) is 30.5 Å². The Bertz CT molecular complexity index is 1270. The van der Waals surface area contributed by atoms with Gasteiger partial charge in [0.15, 0.2) is 5.89 Å². The number of amides is 1. The van der Waals surface area contributed by atoms with Gasteiger partial charge in [0.2, 0.25) is 11.9 Å². The Balaban J connectivity index is 0.917. The highest BCUT2D eigenvalue weighted by Crippen LogP contribution is 2.49. The first-order valence-electron chi connectivity index (χ1n) is 14.0. The molecule has 1 unspecified atom stereocenters. The fourth-order valence-corrected chi connectivity index (χ4v) is 6.32. The molecule has 3 aliphatic heterocycles. The first-order valence-corrected chi connectivity index (χ1v) is 14.5. The lowest BCUT2D eigenvalue weighted by Crippen LogP contribution is -2.39. The third-order valence-corrected chi connectivity index (χ3v) is 8.73. The molecule has 2 aromatic rings. The van der Waals surface area contributed by atoms with Gasteiger partial charge in [-0.15, -0.1) is 11.6 Å². The Hall–Kier alpha value is -2.94. The van der Waals surface area contributed by atoms with Crippen molar-refractivity contribution in [3.63, 3.8) is 0 Å². The molecule has 0 radical (unpaired) electrons. The summed E-state index contributed by atoms with van der Waals surface area (Å²) in [7, 11) is 0. The summed E-state index contributed by atoms with van der Waals surface area (Å²) >= 11 is 6.04. The van der Waals surface area contributed by atoms with Crippen LogP contribution in [0.15, 0.2) is 32.6 Å². The minimum atomic E-state index is -0.404. The van der Waals surface area contributed by atoms with Gasteiger partial charge in [-0.05, 0) is 55.1 Å². The SMILES string of the molecule is Cc1nc2c(o1)CN(C(=O)Cc1ccc(OCC[C@@H]3C[C@@H]3C3CCN(C4=NCC(Cl)C=N4)CC3)cc1F)CC2. The average molecular weight is 556 g/mol. The third kappa shape index (κ3) is 6.13. The van der Waals surface area contributed by atoms with Crippen LogP contribution < -0.4 is 4.74 Å². The molecule has 4 heterocycles. The van der Waals surface area contributed by atoms with E-state index in [-0.39, 0.29) is 17.7 Å². The van der Waals surface area contributed by atoms with Crippen molar-refractivity contribution in [1.29, 1.82) is 0 Å². The van der Waals surface area contributed by atoms with Crippen LogP contribution in [-0.4, -0.2) is 71.0 Å². The van der Waals surface area contributed by atoms with E-state index in [4.69, 9.17) is 20.8 Å². The number of hydrogen-bond acceptors (Lipinski definition) is 7. The fraction of sp³-hybridized carbons (Fsp3) is 0.586. The Morgan fingerprint density at radius 3 is 2.87 bits per heavy atom. The summed E-state index contributed by atoms with van der Waals surface area (Å²) < 4.78 is 26.3. The van der Waals surface area contributed by atoms with Crippen molar-refractivity contribution in [3.8, 4) is 5.75 Å². The summed E-state index contributed by atoms with van der Waals surface area (Å²) in [5, 5.41) is -0.0845. The van der Waals surface area contributed by atoms with Gasteiger partial charge in [0.1, 0.15) is 17.3 Å². The van der Waals surface area contributed by atoms with Gasteiger partial charge in [-0.1, -0.05) is 6.07 Å². The molecular weight excluding hydrogens is 521 g/mol. The predicted molar refractivity (Wildman–Crippen MR) is 147 cm³/mol. The molecule has 39 heavy (non-hydrogen) atoms. The molecule has 1 aliphatic carbocycles. The topological polar surface area (TPSA) is 83.5 Å². The van der Waals surface area contributed by atoms with Crippen LogP contribution in [0.4, 0.5) is 4.39 Å². The molecule has 1 amide bonds. The largest absolute Gasteiger partial charge is 0.493 e. The number of hydrogen-bond donors (Lipinski definition) is 0. The van der Waals surface area contributed by atoms with Crippen molar-refractivity contribution in [2.24, 2.45) is 27.7 Å². The standard InChI is InChI=1S/C29H35ClFN5O3/c1-18-34-26-6-10-36(17-27(26)39-18)28(37)13-21-2-3-23(14-25(21)31)38-11-7-20-12-24(20)19-4-8-35(9-5-19)29-32-15-22(30)16-33-29/h2-3,14-15,19-20,22,24H,4-13,16-17H2,1H3/t20-,22?,24-/m1/s1. The van der Waals surface area contributed by atoms with E-state index in [0.29, 0.717) is 55.8 Å². The number of oxazole rings is 1. The van der Waals surface area contributed by atoms with Crippen LogP contribution in [0.25, 0.3) is 0 Å². The number of rotatable bonds is 7. The van der Waals surface area contributed by atoms with Crippen LogP contribution in [0.1, 0.15) is 48.6 Å². The Labute approximate surface area is 233 Å². The van der Waals surface area contributed by atoms with Gasteiger partial charge < -0.3 is 19.0 Å². The number of aromatic nitrogens is 1. The second kappa shape index (κ2) is 11.3. The summed E-state index contributed by atoms with van der Waals surface area (Å²) in [6.07, 6.45) is 7.04. The van der Waals surface area contributed by atoms with E-state index in [9.17, 15) is 9.18 Å². The first-order chi connectivity index (χ1) is 18.9. The second-order valence-electron chi connectivity index (χ2n) is 11.2. The van der Waals surface area contributed by atoms with Crippen molar-refractivity contribution in [2.45, 2.75) is 57.4 Å². The second-order valence-corrected chi connectivity index (χ2v) is 11.7. The zero-order chi connectivity index (χ0) is 26.9. The van der Waals surface area contributed by atoms with Gasteiger partial charge in [-0.25, -0.2) is 19.4 Å². The summed E-state index contributed by atoms with van der Waals surface area (Å²) in [6.45, 7) is 5.95. The maximum atomic E-state index is 14.8. The molecule has 4 aliphatic rings. The van der Waals surface area contributed by atoms with Crippen molar-refractivity contribution in [3.05, 3.63) is 46.9 Å². The molecule has 0 N–H and O–H groups in total. The third-order valence-electron chi connectivity index (χ3n) is 8.48. The smallest absolute Gasteiger partial charge is 0.227 e. The van der Waals surface area contributed by atoms with Crippen molar-refractivity contribution in [1.82, 2.24) is 14.8 Å². The highest BCUT2D eigenvalue weighted by molar-refractivity contribution is 6.29. The Kier molecular flexibility index (Phi) is 7.60. The average Bonchev–Trinajstić information content (AvgIpc) is 3.61. The van der Waals surface area contributed by atoms with Gasteiger partial charge in [0.25, 0.3) is 0 Å². The molecule has 6 rings (SSSR count). The number of guanidine groups is 1. The quantitative estimate of drug-likeness (QED) is 0.472. The minimum absolute atomic E-state index is 0.0179. The van der Waals surface area contributed by atoms with Crippen molar-refractivity contribution < 1.29 is 18.3 Å². The van der Waals surface area contributed by atoms with Crippen LogP contribution in [-0.2, 0) is 24.2 Å². The minimum Gasteiger partial charge on any atom is -0.493 e. The van der Waals surface area contributed by atoms with Gasteiger partial charge in [-0.2, -0.15) is 0 Å². The summed E-state index contributed by atoms with van der Waals surface area (Å²) in [5.41, 5.74) is 1.30. The van der Waals surface area contributed by atoms with Gasteiger partial charge in [-0.3, -0.25) is 4.79 Å². The van der Waals surface area contributed by atoms with Gasteiger partial charge in [0.05, 0.1) is 37.2 Å². The molecule has 1 aromatic heterocycles. The lowest BCUT2D eigenvalue weighted by Gasteiger charge is -2.33. The molecule has 1 saturated heterocycles. The van der Waals surface area contributed by atoms with Gasteiger partial charge in [0, 0.05) is 45.3 Å². The number of carbonyl (C=O) groups excluding carboxylic acids is 1. The van der Waals surface area contributed by atoms with Crippen LogP contribution >= 0.6 is 11.6 Å². The van der Waals surface area contributed by atoms with E-state index in [0.717, 1.165) is 48.8 Å². The molecule has 208 valence electrons. The number of carbonyl (C=O) groups is 1. The van der Waals surface area contributed by atoms with E-state index in [2.05, 4.69) is 19.9 Å². The van der Waals surface area contributed by atoms with Crippen LogP contribution in [0.5, 0.6) is 5.75 Å². The van der Waals surface area contributed by atoms with Crippen LogP contribution in [0.3, 0.4) is 0 Å². The zero-order valence-corrected chi connectivity index (χ0v) is 23.1. The molecule has 8 nitrogen and oxygen atoms in total. The number of halogens is 2.